The van der Waals surface area contributed by atoms with Crippen LogP contribution in [0.3, 0.4) is 0 Å². The first-order valence-corrected chi connectivity index (χ1v) is 12.2. The average Bonchev–Trinajstić information content (AvgIpc) is 3.55. The summed E-state index contributed by atoms with van der Waals surface area (Å²) in [5.41, 5.74) is 4.44. The van der Waals surface area contributed by atoms with Crippen LogP contribution in [0.25, 0.3) is 45.0 Å². The molecule has 8 heteroatoms. The topological polar surface area (TPSA) is 100 Å². The first kappa shape index (κ1) is 23.3. The van der Waals surface area contributed by atoms with Crippen molar-refractivity contribution >= 4 is 16.5 Å². The Kier molecular flexibility index (Phi) is 5.76. The van der Waals surface area contributed by atoms with Gasteiger partial charge in [0.25, 0.3) is 11.4 Å². The van der Waals surface area contributed by atoms with Crippen molar-refractivity contribution in [2.24, 2.45) is 0 Å². The molecule has 0 aliphatic carbocycles. The lowest BCUT2D eigenvalue weighted by Crippen LogP contribution is -2.08. The molecule has 188 valence electrons. The van der Waals surface area contributed by atoms with Gasteiger partial charge in [0, 0.05) is 42.0 Å². The smallest absolute Gasteiger partial charge is 0.274 e. The van der Waals surface area contributed by atoms with Crippen LogP contribution in [0, 0.1) is 6.92 Å². The number of benzene rings is 3. The lowest BCUT2D eigenvalue weighted by atomic mass is 10.1. The summed E-state index contributed by atoms with van der Waals surface area (Å²) in [7, 11) is 3.97. The van der Waals surface area contributed by atoms with Crippen molar-refractivity contribution in [3.05, 3.63) is 101 Å². The van der Waals surface area contributed by atoms with Gasteiger partial charge in [-0.2, -0.15) is 4.98 Å². The van der Waals surface area contributed by atoms with Crippen LogP contribution in [0.15, 0.2) is 94.2 Å². The Morgan fingerprint density at radius 3 is 2.39 bits per heavy atom. The van der Waals surface area contributed by atoms with E-state index in [9.17, 15) is 4.79 Å². The van der Waals surface area contributed by atoms with Crippen molar-refractivity contribution in [3.63, 3.8) is 0 Å². The van der Waals surface area contributed by atoms with Crippen LogP contribution in [0.5, 0.6) is 11.5 Å². The highest BCUT2D eigenvalue weighted by molar-refractivity contribution is 5.99. The number of para-hydroxylation sites is 2. The predicted molar refractivity (Wildman–Crippen MR) is 149 cm³/mol. The summed E-state index contributed by atoms with van der Waals surface area (Å²) in [6.45, 7) is 1.88. The van der Waals surface area contributed by atoms with E-state index < -0.39 is 0 Å². The van der Waals surface area contributed by atoms with Crippen molar-refractivity contribution in [2.45, 2.75) is 6.92 Å². The van der Waals surface area contributed by atoms with Gasteiger partial charge in [-0.25, -0.2) is 0 Å². The van der Waals surface area contributed by atoms with Gasteiger partial charge in [0.05, 0.1) is 11.1 Å². The van der Waals surface area contributed by atoms with Gasteiger partial charge in [0.2, 0.25) is 5.82 Å². The number of anilines is 1. The standard InChI is InChI=1S/C30H25N5O3/c1-18-26-23(27(31-18)22-11-7-8-12-25(22)37-21-9-5-4-6-10-21)17-24(32-29(26)36)30-33-28(34-38-30)19-13-15-20(16-14-19)35(2)3/h4-17,31H,1-3H3,(H,32,36). The molecule has 6 aromatic rings. The van der Waals surface area contributed by atoms with E-state index in [4.69, 9.17) is 9.26 Å². The second-order valence-corrected chi connectivity index (χ2v) is 9.20. The molecule has 0 bridgehead atoms. The molecular formula is C30H25N5O3. The minimum Gasteiger partial charge on any atom is -0.457 e. The molecule has 0 saturated carbocycles. The second kappa shape index (κ2) is 9.40. The third-order valence-corrected chi connectivity index (χ3v) is 6.42. The first-order valence-electron chi connectivity index (χ1n) is 12.2. The van der Waals surface area contributed by atoms with E-state index in [0.29, 0.717) is 22.7 Å². The van der Waals surface area contributed by atoms with Crippen LogP contribution in [0.1, 0.15) is 5.69 Å². The molecule has 3 heterocycles. The van der Waals surface area contributed by atoms with Gasteiger partial charge < -0.3 is 24.1 Å². The molecule has 0 unspecified atom stereocenters. The number of nitrogens with one attached hydrogen (secondary N) is 2. The van der Waals surface area contributed by atoms with E-state index in [2.05, 4.69) is 20.1 Å². The maximum absolute atomic E-state index is 13.2. The molecule has 0 radical (unpaired) electrons. The van der Waals surface area contributed by atoms with Gasteiger partial charge in [0.15, 0.2) is 0 Å². The second-order valence-electron chi connectivity index (χ2n) is 9.20. The number of fused-ring (bicyclic) bond motifs is 1. The first-order chi connectivity index (χ1) is 18.5. The summed E-state index contributed by atoms with van der Waals surface area (Å²) in [5, 5.41) is 5.45. The van der Waals surface area contributed by atoms with Gasteiger partial charge in [0.1, 0.15) is 17.2 Å². The van der Waals surface area contributed by atoms with Gasteiger partial charge in [-0.05, 0) is 61.5 Å². The number of ether oxygens (including phenoxy) is 1. The van der Waals surface area contributed by atoms with E-state index in [1.807, 2.05) is 111 Å². The fourth-order valence-electron chi connectivity index (χ4n) is 4.51. The van der Waals surface area contributed by atoms with Gasteiger partial charge in [-0.15, -0.1) is 0 Å². The number of rotatable bonds is 6. The van der Waals surface area contributed by atoms with E-state index >= 15 is 0 Å². The van der Waals surface area contributed by atoms with Crippen molar-refractivity contribution < 1.29 is 9.26 Å². The highest BCUT2D eigenvalue weighted by Crippen LogP contribution is 2.38. The Balaban J connectivity index is 1.43. The van der Waals surface area contributed by atoms with Crippen molar-refractivity contribution in [1.29, 1.82) is 0 Å². The normalized spacial score (nSPS) is 11.1. The van der Waals surface area contributed by atoms with Crippen LogP contribution in [0.4, 0.5) is 5.69 Å². The van der Waals surface area contributed by atoms with E-state index in [0.717, 1.165) is 39.3 Å². The van der Waals surface area contributed by atoms with Crippen molar-refractivity contribution in [3.8, 4) is 45.7 Å². The van der Waals surface area contributed by atoms with Crippen LogP contribution in [-0.4, -0.2) is 34.2 Å². The lowest BCUT2D eigenvalue weighted by molar-refractivity contribution is 0.431. The zero-order valence-electron chi connectivity index (χ0n) is 21.1. The van der Waals surface area contributed by atoms with E-state index in [-0.39, 0.29) is 11.4 Å². The molecule has 2 N–H and O–H groups in total. The maximum atomic E-state index is 13.2. The molecule has 0 fully saturated rings. The SMILES string of the molecule is Cc1[nH]c(-c2ccccc2Oc2ccccc2)c2cc(-c3nc(-c4ccc(N(C)C)cc4)no3)[nH]c(=O)c12. The molecule has 6 rings (SSSR count). The quantitative estimate of drug-likeness (QED) is 0.273. The number of hydrogen-bond acceptors (Lipinski definition) is 6. The summed E-state index contributed by atoms with van der Waals surface area (Å²) >= 11 is 0. The number of pyridine rings is 1. The van der Waals surface area contributed by atoms with Crippen LogP contribution < -0.4 is 15.2 Å². The summed E-state index contributed by atoms with van der Waals surface area (Å²) in [6, 6.07) is 27.0. The Bertz CT molecular complexity index is 1800. The third kappa shape index (κ3) is 4.22. The van der Waals surface area contributed by atoms with Gasteiger partial charge >= 0.3 is 0 Å². The third-order valence-electron chi connectivity index (χ3n) is 6.42. The molecule has 0 spiro atoms. The molecule has 0 aliphatic rings. The predicted octanol–water partition coefficient (Wildman–Crippen LogP) is 6.41. The fraction of sp³-hybridized carbons (Fsp3) is 0.100. The summed E-state index contributed by atoms with van der Waals surface area (Å²) in [5.74, 6) is 2.07. The van der Waals surface area contributed by atoms with Crippen LogP contribution >= 0.6 is 0 Å². The number of aryl methyl sites for hydroxylation is 1. The molecule has 3 aromatic carbocycles. The minimum absolute atomic E-state index is 0.231. The number of H-pyrrole nitrogens is 2. The summed E-state index contributed by atoms with van der Waals surface area (Å²) in [4.78, 5) is 26.1. The van der Waals surface area contributed by atoms with Gasteiger partial charge in [-0.3, -0.25) is 4.79 Å². The molecule has 38 heavy (non-hydrogen) atoms. The molecule has 0 saturated heterocycles. The average molecular weight is 504 g/mol. The van der Waals surface area contributed by atoms with Gasteiger partial charge in [-0.1, -0.05) is 35.5 Å². The Morgan fingerprint density at radius 1 is 0.895 bits per heavy atom. The molecular weight excluding hydrogens is 478 g/mol. The fourth-order valence-corrected chi connectivity index (χ4v) is 4.51. The monoisotopic (exact) mass is 503 g/mol. The molecule has 3 aromatic heterocycles. The maximum Gasteiger partial charge on any atom is 0.274 e. The van der Waals surface area contributed by atoms with Crippen LogP contribution in [-0.2, 0) is 0 Å². The summed E-state index contributed by atoms with van der Waals surface area (Å²) in [6.07, 6.45) is 0. The Hall–Kier alpha value is -5.11. The Labute approximate surface area is 218 Å². The zero-order chi connectivity index (χ0) is 26.2. The number of aromatic amines is 2. The number of aromatic nitrogens is 4. The van der Waals surface area contributed by atoms with Crippen molar-refractivity contribution in [2.75, 3.05) is 19.0 Å². The zero-order valence-corrected chi connectivity index (χ0v) is 21.1. The molecule has 0 atom stereocenters. The highest BCUT2D eigenvalue weighted by atomic mass is 16.5. The van der Waals surface area contributed by atoms with Crippen LogP contribution in [0.2, 0.25) is 0 Å². The highest BCUT2D eigenvalue weighted by Gasteiger charge is 2.20. The number of hydrogen-bond donors (Lipinski definition) is 2. The molecule has 0 aliphatic heterocycles. The Morgan fingerprint density at radius 2 is 1.63 bits per heavy atom. The molecule has 8 nitrogen and oxygen atoms in total. The largest absolute Gasteiger partial charge is 0.457 e. The minimum atomic E-state index is -0.242. The number of nitrogens with zero attached hydrogens (tertiary/aromatic N) is 3. The van der Waals surface area contributed by atoms with E-state index in [1.165, 1.54) is 0 Å². The lowest BCUT2D eigenvalue weighted by Gasteiger charge is -2.11. The van der Waals surface area contributed by atoms with E-state index in [1.54, 1.807) is 0 Å². The molecule has 0 amide bonds. The van der Waals surface area contributed by atoms with Crippen molar-refractivity contribution in [1.82, 2.24) is 20.1 Å². The summed E-state index contributed by atoms with van der Waals surface area (Å²) < 4.78 is 11.8.